The summed E-state index contributed by atoms with van der Waals surface area (Å²) in [7, 11) is 0. The van der Waals surface area contributed by atoms with Crippen molar-refractivity contribution in [2.45, 2.75) is 13.8 Å². The van der Waals surface area contributed by atoms with Gasteiger partial charge < -0.3 is 0 Å². The van der Waals surface area contributed by atoms with Crippen molar-refractivity contribution in [1.82, 2.24) is 0 Å². The SMILES string of the molecule is Cc1sc(C)c(C(=O)c2ccc(-c3ccccc3)cc2F)c1Br. The van der Waals surface area contributed by atoms with Gasteiger partial charge in [0.15, 0.2) is 5.78 Å². The summed E-state index contributed by atoms with van der Waals surface area (Å²) in [6.45, 7) is 3.82. The predicted octanol–water partition coefficient (Wildman–Crippen LogP) is 6.16. The monoisotopic (exact) mass is 388 g/mol. The van der Waals surface area contributed by atoms with Gasteiger partial charge in [0.1, 0.15) is 5.82 Å². The molecule has 3 rings (SSSR count). The standard InChI is InChI=1S/C19H14BrFOS/c1-11-17(18(20)12(2)23-11)19(22)15-9-8-14(10-16(15)21)13-6-4-3-5-7-13/h3-10H,1-2H3. The Balaban J connectivity index is 2.03. The summed E-state index contributed by atoms with van der Waals surface area (Å²) in [6, 6.07) is 14.3. The first-order valence-electron chi connectivity index (χ1n) is 7.14. The van der Waals surface area contributed by atoms with Gasteiger partial charge in [-0.2, -0.15) is 0 Å². The van der Waals surface area contributed by atoms with Crippen molar-refractivity contribution in [3.63, 3.8) is 0 Å². The van der Waals surface area contributed by atoms with Crippen molar-refractivity contribution in [1.29, 1.82) is 0 Å². The minimum Gasteiger partial charge on any atom is -0.288 e. The van der Waals surface area contributed by atoms with Gasteiger partial charge in [-0.15, -0.1) is 11.3 Å². The number of thiophene rings is 1. The lowest BCUT2D eigenvalue weighted by Crippen LogP contribution is -2.05. The molecule has 0 atom stereocenters. The molecule has 0 spiro atoms. The highest BCUT2D eigenvalue weighted by Crippen LogP contribution is 2.34. The molecule has 0 unspecified atom stereocenters. The van der Waals surface area contributed by atoms with Gasteiger partial charge in [0.2, 0.25) is 0 Å². The van der Waals surface area contributed by atoms with Gasteiger partial charge in [-0.1, -0.05) is 36.4 Å². The van der Waals surface area contributed by atoms with Crippen LogP contribution < -0.4 is 0 Å². The van der Waals surface area contributed by atoms with Crippen LogP contribution in [0.5, 0.6) is 0 Å². The van der Waals surface area contributed by atoms with E-state index in [1.807, 2.05) is 44.2 Å². The Labute approximate surface area is 146 Å². The fourth-order valence-corrected chi connectivity index (χ4v) is 4.36. The Kier molecular flexibility index (Phi) is 4.46. The number of aryl methyl sites for hydroxylation is 2. The molecule has 1 aromatic heterocycles. The van der Waals surface area contributed by atoms with Gasteiger partial charge in [-0.25, -0.2) is 4.39 Å². The molecule has 1 nitrogen and oxygen atoms in total. The quantitative estimate of drug-likeness (QED) is 0.490. The molecule has 116 valence electrons. The molecule has 0 saturated carbocycles. The zero-order chi connectivity index (χ0) is 16.6. The van der Waals surface area contributed by atoms with Gasteiger partial charge >= 0.3 is 0 Å². The van der Waals surface area contributed by atoms with Crippen molar-refractivity contribution < 1.29 is 9.18 Å². The largest absolute Gasteiger partial charge is 0.288 e. The van der Waals surface area contributed by atoms with Gasteiger partial charge in [-0.3, -0.25) is 4.79 Å². The molecule has 4 heteroatoms. The zero-order valence-corrected chi connectivity index (χ0v) is 15.1. The van der Waals surface area contributed by atoms with Crippen LogP contribution in [0.1, 0.15) is 25.7 Å². The second kappa shape index (κ2) is 6.38. The number of carbonyl (C=O) groups is 1. The van der Waals surface area contributed by atoms with E-state index in [2.05, 4.69) is 15.9 Å². The Morgan fingerprint density at radius 1 is 1.00 bits per heavy atom. The van der Waals surface area contributed by atoms with Gasteiger partial charge in [0.25, 0.3) is 0 Å². The molecule has 2 aromatic carbocycles. The van der Waals surface area contributed by atoms with Crippen LogP contribution in [0.2, 0.25) is 0 Å². The van der Waals surface area contributed by atoms with E-state index in [9.17, 15) is 9.18 Å². The molecule has 0 N–H and O–H groups in total. The summed E-state index contributed by atoms with van der Waals surface area (Å²) in [6.07, 6.45) is 0. The summed E-state index contributed by atoms with van der Waals surface area (Å²) in [4.78, 5) is 14.6. The van der Waals surface area contributed by atoms with Crippen LogP contribution >= 0.6 is 27.3 Å². The lowest BCUT2D eigenvalue weighted by molar-refractivity contribution is 0.103. The maximum atomic E-state index is 14.5. The highest BCUT2D eigenvalue weighted by molar-refractivity contribution is 9.10. The van der Waals surface area contributed by atoms with E-state index >= 15 is 0 Å². The average molecular weight is 389 g/mol. The van der Waals surface area contributed by atoms with Crippen LogP contribution in [0.15, 0.2) is 53.0 Å². The van der Waals surface area contributed by atoms with Crippen molar-refractivity contribution in [2.24, 2.45) is 0 Å². The maximum absolute atomic E-state index is 14.5. The van der Waals surface area contributed by atoms with Crippen LogP contribution in [0.25, 0.3) is 11.1 Å². The van der Waals surface area contributed by atoms with E-state index in [0.29, 0.717) is 5.56 Å². The molecule has 0 fully saturated rings. The third-order valence-electron chi connectivity index (χ3n) is 3.73. The van der Waals surface area contributed by atoms with E-state index in [1.165, 1.54) is 17.4 Å². The molecule has 23 heavy (non-hydrogen) atoms. The summed E-state index contributed by atoms with van der Waals surface area (Å²) < 4.78 is 15.3. The van der Waals surface area contributed by atoms with Gasteiger partial charge in [0, 0.05) is 14.2 Å². The Morgan fingerprint density at radius 2 is 1.70 bits per heavy atom. The molecule has 0 aliphatic carbocycles. The molecule has 1 heterocycles. The molecule has 0 radical (unpaired) electrons. The summed E-state index contributed by atoms with van der Waals surface area (Å²) in [5.41, 5.74) is 2.34. The Bertz CT molecular complexity index is 884. The predicted molar refractivity (Wildman–Crippen MR) is 96.8 cm³/mol. The van der Waals surface area contributed by atoms with Crippen molar-refractivity contribution in [3.8, 4) is 11.1 Å². The first-order chi connectivity index (χ1) is 11.0. The number of hydrogen-bond donors (Lipinski definition) is 0. The first kappa shape index (κ1) is 16.1. The van der Waals surface area contributed by atoms with E-state index in [1.54, 1.807) is 12.1 Å². The van der Waals surface area contributed by atoms with Crippen LogP contribution in [0.3, 0.4) is 0 Å². The normalized spacial score (nSPS) is 10.8. The summed E-state index contributed by atoms with van der Waals surface area (Å²) >= 11 is 4.98. The lowest BCUT2D eigenvalue weighted by Gasteiger charge is -2.07. The molecule has 0 aliphatic heterocycles. The van der Waals surface area contributed by atoms with E-state index in [4.69, 9.17) is 0 Å². The first-order valence-corrected chi connectivity index (χ1v) is 8.75. The van der Waals surface area contributed by atoms with Crippen LogP contribution in [0, 0.1) is 19.7 Å². The van der Waals surface area contributed by atoms with Crippen LogP contribution in [0.4, 0.5) is 4.39 Å². The highest BCUT2D eigenvalue weighted by Gasteiger charge is 2.22. The van der Waals surface area contributed by atoms with E-state index in [-0.39, 0.29) is 11.3 Å². The van der Waals surface area contributed by atoms with Crippen LogP contribution in [-0.4, -0.2) is 5.78 Å². The summed E-state index contributed by atoms with van der Waals surface area (Å²) in [5.74, 6) is -0.776. The smallest absolute Gasteiger partial charge is 0.198 e. The number of benzene rings is 2. The second-order valence-electron chi connectivity index (χ2n) is 5.29. The minimum absolute atomic E-state index is 0.103. The fourth-order valence-electron chi connectivity index (χ4n) is 2.56. The van der Waals surface area contributed by atoms with Crippen molar-refractivity contribution in [3.05, 3.63) is 79.7 Å². The molecular weight excluding hydrogens is 375 g/mol. The van der Waals surface area contributed by atoms with Gasteiger partial charge in [-0.05, 0) is 53.0 Å². The number of ketones is 1. The second-order valence-corrected chi connectivity index (χ2v) is 7.52. The van der Waals surface area contributed by atoms with E-state index in [0.717, 1.165) is 25.4 Å². The number of rotatable bonds is 3. The van der Waals surface area contributed by atoms with Crippen molar-refractivity contribution in [2.75, 3.05) is 0 Å². The number of carbonyl (C=O) groups excluding carboxylic acids is 1. The molecule has 0 saturated heterocycles. The molecule has 0 aliphatic rings. The molecule has 3 aromatic rings. The van der Waals surface area contributed by atoms with Gasteiger partial charge in [0.05, 0.1) is 11.1 Å². The van der Waals surface area contributed by atoms with E-state index < -0.39 is 5.82 Å². The molecular formula is C19H14BrFOS. The van der Waals surface area contributed by atoms with Crippen LogP contribution in [-0.2, 0) is 0 Å². The zero-order valence-electron chi connectivity index (χ0n) is 12.7. The fraction of sp³-hybridized carbons (Fsp3) is 0.105. The molecule has 0 bridgehead atoms. The minimum atomic E-state index is -0.494. The average Bonchev–Trinajstić information content (AvgIpc) is 2.80. The summed E-state index contributed by atoms with van der Waals surface area (Å²) in [5, 5.41) is 0. The number of hydrogen-bond acceptors (Lipinski definition) is 2. The highest BCUT2D eigenvalue weighted by atomic mass is 79.9. The lowest BCUT2D eigenvalue weighted by atomic mass is 9.99. The third kappa shape index (κ3) is 3.01. The maximum Gasteiger partial charge on any atom is 0.198 e. The number of halogens is 2. The Hall–Kier alpha value is -1.78. The molecule has 0 amide bonds. The topological polar surface area (TPSA) is 17.1 Å². The van der Waals surface area contributed by atoms with Crippen molar-refractivity contribution >= 4 is 33.0 Å². The Morgan fingerprint density at radius 3 is 2.26 bits per heavy atom. The third-order valence-corrected chi connectivity index (χ3v) is 6.01.